The molecule has 3 aromatic rings. The number of likely N-dealkylation sites (tertiary alicyclic amines) is 1. The van der Waals surface area contributed by atoms with Crippen LogP contribution in [0.4, 0.5) is 5.69 Å². The number of nitrogens with zero attached hydrogens (tertiary/aromatic N) is 6. The third-order valence-electron chi connectivity index (χ3n) is 8.78. The normalized spacial score (nSPS) is 19.7. The molecule has 3 fully saturated rings. The van der Waals surface area contributed by atoms with E-state index in [-0.39, 0.29) is 5.69 Å². The average molecular weight is 566 g/mol. The van der Waals surface area contributed by atoms with Crippen LogP contribution in [0.15, 0.2) is 36.4 Å². The fourth-order valence-electron chi connectivity index (χ4n) is 6.22. The third kappa shape index (κ3) is 5.22. The van der Waals surface area contributed by atoms with Gasteiger partial charge in [0.15, 0.2) is 5.65 Å². The van der Waals surface area contributed by atoms with Crippen LogP contribution in [0.5, 0.6) is 0 Å². The maximum absolute atomic E-state index is 13.3. The predicted octanol–water partition coefficient (Wildman–Crippen LogP) is 3.68. The second-order valence-electron chi connectivity index (χ2n) is 11.5. The molecule has 2 saturated heterocycles. The van der Waals surface area contributed by atoms with Gasteiger partial charge in [-0.2, -0.15) is 17.8 Å². The summed E-state index contributed by atoms with van der Waals surface area (Å²) in [5.41, 5.74) is 3.48. The zero-order valence-electron chi connectivity index (χ0n) is 23.4. The summed E-state index contributed by atoms with van der Waals surface area (Å²) in [6.07, 6.45) is 9.36. The Morgan fingerprint density at radius 3 is 2.27 bits per heavy atom. The number of benzene rings is 1. The molecule has 0 bridgehead atoms. The Hall–Kier alpha value is -3.02. The van der Waals surface area contributed by atoms with Gasteiger partial charge in [-0.15, -0.1) is 0 Å². The van der Waals surface area contributed by atoms with Gasteiger partial charge in [0, 0.05) is 39.1 Å². The highest BCUT2D eigenvalue weighted by Gasteiger charge is 2.33. The molecule has 1 aromatic carbocycles. The number of rotatable bonds is 7. The van der Waals surface area contributed by atoms with Crippen molar-refractivity contribution in [2.75, 3.05) is 45.2 Å². The van der Waals surface area contributed by atoms with Crippen molar-refractivity contribution in [3.8, 4) is 5.69 Å². The molecule has 3 aliphatic rings. The van der Waals surface area contributed by atoms with Crippen LogP contribution in [-0.2, 0) is 10.2 Å². The number of piperidine rings is 2. The van der Waals surface area contributed by atoms with Crippen molar-refractivity contribution >= 4 is 32.8 Å². The molecule has 1 amide bonds. The van der Waals surface area contributed by atoms with Crippen molar-refractivity contribution in [2.45, 2.75) is 63.3 Å². The molecule has 0 radical (unpaired) electrons. The number of anilines is 1. The number of hydrogen-bond acceptors (Lipinski definition) is 7. The topological polar surface area (TPSA) is 104 Å². The maximum atomic E-state index is 13.3. The van der Waals surface area contributed by atoms with E-state index in [4.69, 9.17) is 10.1 Å². The molecule has 1 aliphatic carbocycles. The molecule has 4 heterocycles. The van der Waals surface area contributed by atoms with E-state index < -0.39 is 16.1 Å². The molecule has 0 spiro atoms. The monoisotopic (exact) mass is 565 g/mol. The first-order chi connectivity index (χ1) is 19.3. The van der Waals surface area contributed by atoms with E-state index in [0.29, 0.717) is 17.6 Å². The quantitative estimate of drug-likeness (QED) is 0.466. The van der Waals surface area contributed by atoms with Crippen LogP contribution < -0.4 is 9.62 Å². The van der Waals surface area contributed by atoms with Crippen LogP contribution >= 0.6 is 0 Å². The first kappa shape index (κ1) is 27.2. The van der Waals surface area contributed by atoms with Gasteiger partial charge in [-0.05, 0) is 69.8 Å². The Kier molecular flexibility index (Phi) is 7.54. The number of nitrogens with one attached hydrogen (secondary N) is 1. The van der Waals surface area contributed by atoms with Gasteiger partial charge in [-0.1, -0.05) is 31.0 Å². The second-order valence-corrected chi connectivity index (χ2v) is 13.4. The fraction of sp³-hybridized carbons (Fsp3) is 0.552. The molecule has 40 heavy (non-hydrogen) atoms. The van der Waals surface area contributed by atoms with E-state index in [1.165, 1.54) is 52.9 Å². The van der Waals surface area contributed by atoms with Gasteiger partial charge in [0.2, 0.25) is 0 Å². The van der Waals surface area contributed by atoms with Crippen LogP contribution in [0.25, 0.3) is 16.7 Å². The first-order valence-electron chi connectivity index (χ1n) is 14.5. The van der Waals surface area contributed by atoms with Crippen LogP contribution in [0.1, 0.15) is 73.5 Å². The van der Waals surface area contributed by atoms with E-state index in [0.717, 1.165) is 65.5 Å². The standard InChI is InChI=1S/C29H39N7O3S/c1-33(2)40(38,39)32-29(37)24-20-25(35-18-14-22(15-19-35)34-16-7-4-8-17-34)26-27(21-10-9-11-21)31-36(28(26)30-24)23-12-5-3-6-13-23/h3,5-6,12-13,20-22H,4,7-11,14-19H2,1-2H3,(H,32,37). The van der Waals surface area contributed by atoms with Crippen LogP contribution in [-0.4, -0.2) is 84.6 Å². The molecule has 0 atom stereocenters. The van der Waals surface area contributed by atoms with Crippen molar-refractivity contribution in [3.05, 3.63) is 47.8 Å². The van der Waals surface area contributed by atoms with Gasteiger partial charge in [0.25, 0.3) is 5.91 Å². The molecule has 2 aromatic heterocycles. The summed E-state index contributed by atoms with van der Waals surface area (Å²) in [4.78, 5) is 23.1. The zero-order chi connectivity index (χ0) is 27.9. The number of hydrogen-bond donors (Lipinski definition) is 1. The summed E-state index contributed by atoms with van der Waals surface area (Å²) in [6.45, 7) is 4.12. The van der Waals surface area contributed by atoms with Crippen molar-refractivity contribution in [1.29, 1.82) is 0 Å². The lowest BCUT2D eigenvalue weighted by Crippen LogP contribution is -2.47. The largest absolute Gasteiger partial charge is 0.371 e. The minimum atomic E-state index is -3.97. The lowest BCUT2D eigenvalue weighted by Gasteiger charge is -2.41. The number of para-hydroxylation sites is 1. The molecule has 2 aliphatic heterocycles. The molecular weight excluding hydrogens is 526 g/mol. The molecular formula is C29H39N7O3S. The molecule has 214 valence electrons. The summed E-state index contributed by atoms with van der Waals surface area (Å²) in [5, 5.41) is 6.07. The Labute approximate surface area is 236 Å². The average Bonchev–Trinajstić information content (AvgIpc) is 3.31. The number of amides is 1. The van der Waals surface area contributed by atoms with Gasteiger partial charge < -0.3 is 9.80 Å². The zero-order valence-corrected chi connectivity index (χ0v) is 24.2. The Morgan fingerprint density at radius 1 is 0.950 bits per heavy atom. The third-order valence-corrected chi connectivity index (χ3v) is 10.2. The van der Waals surface area contributed by atoms with Gasteiger partial charge in [0.1, 0.15) is 5.69 Å². The van der Waals surface area contributed by atoms with Crippen molar-refractivity contribution in [3.63, 3.8) is 0 Å². The summed E-state index contributed by atoms with van der Waals surface area (Å²) >= 11 is 0. The fourth-order valence-corrected chi connectivity index (χ4v) is 6.74. The Morgan fingerprint density at radius 2 is 1.65 bits per heavy atom. The highest BCUT2D eigenvalue weighted by Crippen LogP contribution is 2.43. The lowest BCUT2D eigenvalue weighted by atomic mass is 9.82. The van der Waals surface area contributed by atoms with Gasteiger partial charge in [-0.25, -0.2) is 14.4 Å². The van der Waals surface area contributed by atoms with E-state index in [1.54, 1.807) is 6.07 Å². The lowest BCUT2D eigenvalue weighted by molar-refractivity contribution is 0.0975. The number of aromatic nitrogens is 3. The van der Waals surface area contributed by atoms with Gasteiger partial charge in [0.05, 0.1) is 22.5 Å². The Balaban J connectivity index is 1.44. The van der Waals surface area contributed by atoms with Crippen LogP contribution in [0.3, 0.4) is 0 Å². The highest BCUT2D eigenvalue weighted by molar-refractivity contribution is 7.87. The van der Waals surface area contributed by atoms with Crippen molar-refractivity contribution in [1.82, 2.24) is 28.7 Å². The number of carbonyl (C=O) groups is 1. The highest BCUT2D eigenvalue weighted by atomic mass is 32.2. The minimum absolute atomic E-state index is 0.0725. The van der Waals surface area contributed by atoms with Crippen molar-refractivity contribution < 1.29 is 13.2 Å². The first-order valence-corrected chi connectivity index (χ1v) is 16.0. The number of carbonyl (C=O) groups excluding carboxylic acids is 1. The maximum Gasteiger partial charge on any atom is 0.303 e. The molecule has 10 nitrogen and oxygen atoms in total. The number of pyridine rings is 1. The van der Waals surface area contributed by atoms with Crippen molar-refractivity contribution in [2.24, 2.45) is 0 Å². The minimum Gasteiger partial charge on any atom is -0.371 e. The molecule has 0 unspecified atom stereocenters. The van der Waals surface area contributed by atoms with Crippen LogP contribution in [0.2, 0.25) is 0 Å². The molecule has 1 N–H and O–H groups in total. The summed E-state index contributed by atoms with van der Waals surface area (Å²) < 4.78 is 30.0. The summed E-state index contributed by atoms with van der Waals surface area (Å²) in [5.74, 6) is -0.390. The Bertz CT molecular complexity index is 1470. The van der Waals surface area contributed by atoms with E-state index in [2.05, 4.69) is 14.5 Å². The van der Waals surface area contributed by atoms with E-state index in [1.807, 2.05) is 35.0 Å². The molecule has 1 saturated carbocycles. The summed E-state index contributed by atoms with van der Waals surface area (Å²) in [7, 11) is -1.19. The van der Waals surface area contributed by atoms with Gasteiger partial charge in [-0.3, -0.25) is 4.79 Å². The number of fused-ring (bicyclic) bond motifs is 1. The van der Waals surface area contributed by atoms with Gasteiger partial charge >= 0.3 is 10.2 Å². The van der Waals surface area contributed by atoms with Crippen LogP contribution in [0, 0.1) is 0 Å². The smallest absolute Gasteiger partial charge is 0.303 e. The second kappa shape index (κ2) is 11.1. The SMILES string of the molecule is CN(C)S(=O)(=O)NC(=O)c1cc(N2CCC(N3CCCCC3)CC2)c2c(C3CCC3)nn(-c3ccccc3)c2n1. The molecule has 6 rings (SSSR count). The van der Waals surface area contributed by atoms with E-state index >= 15 is 0 Å². The molecule has 11 heteroatoms. The van der Waals surface area contributed by atoms with E-state index in [9.17, 15) is 13.2 Å². The summed E-state index contributed by atoms with van der Waals surface area (Å²) in [6, 6.07) is 12.2. The predicted molar refractivity (Wildman–Crippen MR) is 156 cm³/mol.